The van der Waals surface area contributed by atoms with E-state index in [1.54, 1.807) is 0 Å². The second kappa shape index (κ2) is 8.54. The Kier molecular flexibility index (Phi) is 8.14. The summed E-state index contributed by atoms with van der Waals surface area (Å²) in [6, 6.07) is 0. The zero-order valence-corrected chi connectivity index (χ0v) is 8.16. The lowest BCUT2D eigenvalue weighted by Crippen LogP contribution is -2.03. The fourth-order valence-corrected chi connectivity index (χ4v) is 0.984. The molecule has 0 unspecified atom stereocenters. The minimum atomic E-state index is -0.164. The Morgan fingerprint density at radius 2 is 2.00 bits per heavy atom. The summed E-state index contributed by atoms with van der Waals surface area (Å²) in [7, 11) is 0. The van der Waals surface area contributed by atoms with Gasteiger partial charge >= 0.3 is 0 Å². The van der Waals surface area contributed by atoms with Crippen molar-refractivity contribution in [1.29, 1.82) is 0 Å². The molecular weight excluding hydrogens is 148 g/mol. The first-order valence-electron chi connectivity index (χ1n) is 4.75. The third-order valence-corrected chi connectivity index (χ3v) is 1.71. The average molecular weight is 168 g/mol. The van der Waals surface area contributed by atoms with Crippen LogP contribution in [0.25, 0.3) is 0 Å². The van der Waals surface area contributed by atoms with Gasteiger partial charge in [0.25, 0.3) is 0 Å². The molecule has 0 bridgehead atoms. The van der Waals surface area contributed by atoms with Crippen LogP contribution in [0.3, 0.4) is 0 Å². The Bertz CT molecular complexity index is 136. The van der Waals surface area contributed by atoms with Gasteiger partial charge in [-0.2, -0.15) is 0 Å². The van der Waals surface area contributed by atoms with Crippen LogP contribution >= 0.6 is 0 Å². The van der Waals surface area contributed by atoms with E-state index in [1.165, 1.54) is 0 Å². The topological polar surface area (TPSA) is 20.2 Å². The van der Waals surface area contributed by atoms with Gasteiger partial charge in [-0.1, -0.05) is 31.2 Å². The van der Waals surface area contributed by atoms with Gasteiger partial charge in [0.05, 0.1) is 6.10 Å². The molecule has 1 atom stereocenters. The monoisotopic (exact) mass is 168 g/mol. The van der Waals surface area contributed by atoms with Gasteiger partial charge in [0.2, 0.25) is 0 Å². The summed E-state index contributed by atoms with van der Waals surface area (Å²) in [5, 5.41) is 9.39. The highest BCUT2D eigenvalue weighted by molar-refractivity contribution is 4.84. The smallest absolute Gasteiger partial charge is 0.0577 e. The molecule has 1 nitrogen and oxygen atoms in total. The van der Waals surface area contributed by atoms with Crippen LogP contribution in [0.5, 0.6) is 0 Å². The summed E-state index contributed by atoms with van der Waals surface area (Å²) in [6.45, 7) is 4.09. The van der Waals surface area contributed by atoms with Gasteiger partial charge < -0.3 is 5.11 Å². The van der Waals surface area contributed by atoms with Crippen molar-refractivity contribution >= 4 is 0 Å². The van der Waals surface area contributed by atoms with E-state index in [0.717, 1.165) is 25.7 Å². The Hall–Kier alpha value is -0.560. The second-order valence-corrected chi connectivity index (χ2v) is 2.92. The number of rotatable bonds is 6. The fourth-order valence-electron chi connectivity index (χ4n) is 0.984. The van der Waals surface area contributed by atoms with E-state index in [4.69, 9.17) is 0 Å². The van der Waals surface area contributed by atoms with Crippen LogP contribution in [0.4, 0.5) is 0 Å². The molecule has 0 radical (unpaired) electrons. The van der Waals surface area contributed by atoms with E-state index in [9.17, 15) is 5.11 Å². The summed E-state index contributed by atoms with van der Waals surface area (Å²) in [6.07, 6.45) is 11.8. The van der Waals surface area contributed by atoms with Crippen LogP contribution in [0.1, 0.15) is 39.5 Å². The Balaban J connectivity index is 3.30. The number of allylic oxidation sites excluding steroid dienone is 3. The molecule has 0 saturated carbocycles. The first kappa shape index (κ1) is 11.4. The van der Waals surface area contributed by atoms with Crippen molar-refractivity contribution in [2.45, 2.75) is 45.6 Å². The van der Waals surface area contributed by atoms with Crippen molar-refractivity contribution in [1.82, 2.24) is 0 Å². The molecule has 0 aromatic carbocycles. The maximum Gasteiger partial charge on any atom is 0.0577 e. The lowest BCUT2D eigenvalue weighted by molar-refractivity contribution is 0.169. The molecule has 0 rings (SSSR count). The minimum Gasteiger partial charge on any atom is -0.393 e. The van der Waals surface area contributed by atoms with Crippen LogP contribution in [0, 0.1) is 0 Å². The van der Waals surface area contributed by atoms with Crippen LogP contribution < -0.4 is 0 Å². The molecule has 0 amide bonds. The predicted molar refractivity (Wildman–Crippen MR) is 54.1 cm³/mol. The molecule has 0 saturated heterocycles. The van der Waals surface area contributed by atoms with Gasteiger partial charge in [-0.15, -0.1) is 0 Å². The normalized spacial score (nSPS) is 14.6. The van der Waals surface area contributed by atoms with Crippen molar-refractivity contribution < 1.29 is 5.11 Å². The van der Waals surface area contributed by atoms with Gasteiger partial charge in [-0.25, -0.2) is 0 Å². The number of aliphatic hydroxyl groups excluding tert-OH is 1. The third kappa shape index (κ3) is 7.55. The van der Waals surface area contributed by atoms with E-state index in [2.05, 4.69) is 19.1 Å². The van der Waals surface area contributed by atoms with E-state index in [1.807, 2.05) is 19.1 Å². The molecule has 1 heteroatoms. The highest BCUT2D eigenvalue weighted by Gasteiger charge is 1.98. The van der Waals surface area contributed by atoms with Crippen molar-refractivity contribution in [2.24, 2.45) is 0 Å². The zero-order chi connectivity index (χ0) is 9.23. The number of aliphatic hydroxyl groups is 1. The van der Waals surface area contributed by atoms with E-state index >= 15 is 0 Å². The van der Waals surface area contributed by atoms with Gasteiger partial charge in [-0.3, -0.25) is 0 Å². The quantitative estimate of drug-likeness (QED) is 0.604. The molecule has 0 heterocycles. The van der Waals surface area contributed by atoms with Crippen molar-refractivity contribution in [3.63, 3.8) is 0 Å². The summed E-state index contributed by atoms with van der Waals surface area (Å²) in [5.74, 6) is 0. The summed E-state index contributed by atoms with van der Waals surface area (Å²) in [5.41, 5.74) is 0. The maximum atomic E-state index is 9.39. The summed E-state index contributed by atoms with van der Waals surface area (Å²) < 4.78 is 0. The summed E-state index contributed by atoms with van der Waals surface area (Å²) >= 11 is 0. The zero-order valence-electron chi connectivity index (χ0n) is 8.16. The molecule has 0 aliphatic carbocycles. The lowest BCUT2D eigenvalue weighted by atomic mass is 10.1. The standard InChI is InChI=1S/C11H20O/c1-3-5-7-8-10-11(12)9-6-4-2/h4-7,11-12H,3,8-10H2,1-2H3/b6-4-,7-5-/t11-/m1/s1. The van der Waals surface area contributed by atoms with Crippen LogP contribution in [-0.2, 0) is 0 Å². The minimum absolute atomic E-state index is 0.164. The van der Waals surface area contributed by atoms with Crippen molar-refractivity contribution in [3.8, 4) is 0 Å². The first-order valence-corrected chi connectivity index (χ1v) is 4.75. The van der Waals surface area contributed by atoms with Crippen LogP contribution in [0.2, 0.25) is 0 Å². The number of hydrogen-bond acceptors (Lipinski definition) is 1. The summed E-state index contributed by atoms with van der Waals surface area (Å²) in [4.78, 5) is 0. The maximum absolute atomic E-state index is 9.39. The molecule has 12 heavy (non-hydrogen) atoms. The molecular formula is C11H20O. The lowest BCUT2D eigenvalue weighted by Gasteiger charge is -2.04. The fraction of sp³-hybridized carbons (Fsp3) is 0.636. The van der Waals surface area contributed by atoms with E-state index < -0.39 is 0 Å². The van der Waals surface area contributed by atoms with Gasteiger partial charge in [0, 0.05) is 0 Å². The molecule has 1 N–H and O–H groups in total. The SMILES string of the molecule is C/C=C\C[C@@H](O)CC/C=C\CC. The average Bonchev–Trinajstić information content (AvgIpc) is 2.09. The predicted octanol–water partition coefficient (Wildman–Crippen LogP) is 3.06. The first-order chi connectivity index (χ1) is 5.81. The molecule has 70 valence electrons. The van der Waals surface area contributed by atoms with Gasteiger partial charge in [-0.05, 0) is 32.6 Å². The van der Waals surface area contributed by atoms with Crippen LogP contribution in [0.15, 0.2) is 24.3 Å². The van der Waals surface area contributed by atoms with Gasteiger partial charge in [0.15, 0.2) is 0 Å². The largest absolute Gasteiger partial charge is 0.393 e. The molecule has 0 aliphatic rings. The highest BCUT2D eigenvalue weighted by atomic mass is 16.3. The molecule has 0 aliphatic heterocycles. The molecule has 0 fully saturated rings. The Morgan fingerprint density at radius 3 is 2.58 bits per heavy atom. The molecule has 0 spiro atoms. The van der Waals surface area contributed by atoms with Gasteiger partial charge in [0.1, 0.15) is 0 Å². The second-order valence-electron chi connectivity index (χ2n) is 2.92. The Morgan fingerprint density at radius 1 is 1.25 bits per heavy atom. The third-order valence-electron chi connectivity index (χ3n) is 1.71. The number of hydrogen-bond donors (Lipinski definition) is 1. The van der Waals surface area contributed by atoms with E-state index in [-0.39, 0.29) is 6.10 Å². The highest BCUT2D eigenvalue weighted by Crippen LogP contribution is 2.03. The van der Waals surface area contributed by atoms with Crippen molar-refractivity contribution in [3.05, 3.63) is 24.3 Å². The van der Waals surface area contributed by atoms with E-state index in [0.29, 0.717) is 0 Å². The molecule has 0 aromatic heterocycles. The van der Waals surface area contributed by atoms with Crippen LogP contribution in [-0.4, -0.2) is 11.2 Å². The molecule has 0 aromatic rings. The Labute approximate surface area is 75.8 Å². The van der Waals surface area contributed by atoms with Crippen molar-refractivity contribution in [2.75, 3.05) is 0 Å².